The Morgan fingerprint density at radius 1 is 1.38 bits per heavy atom. The maximum absolute atomic E-state index is 12.4. The average molecular weight is 336 g/mol. The van der Waals surface area contributed by atoms with Gasteiger partial charge in [-0.3, -0.25) is 0 Å². The molecule has 0 saturated heterocycles. The molecule has 0 aliphatic carbocycles. The van der Waals surface area contributed by atoms with Crippen LogP contribution in [0, 0.1) is 9.49 Å². The second kappa shape index (κ2) is 4.21. The maximum atomic E-state index is 12.4. The van der Waals surface area contributed by atoms with Gasteiger partial charge in [0.1, 0.15) is 0 Å². The zero-order valence-corrected chi connectivity index (χ0v) is 11.3. The number of rotatable bonds is 3. The molecule has 1 atom stereocenters. The number of carbonyl (C=O) groups excluding carboxylic acids is 1. The minimum atomic E-state index is -4.20. The molecule has 0 saturated carbocycles. The van der Waals surface area contributed by atoms with Gasteiger partial charge in [-0.15, -0.1) is 0 Å². The molecule has 88 valence electrons. The molecule has 1 aromatic rings. The third kappa shape index (κ3) is 2.01. The van der Waals surface area contributed by atoms with Gasteiger partial charge < -0.3 is 0 Å². The number of hydrogen-bond donors (Lipinski definition) is 0. The predicted molar refractivity (Wildman–Crippen MR) is 66.1 cm³/mol. The molecular formula is C11H13IO4. The van der Waals surface area contributed by atoms with E-state index in [2.05, 4.69) is 0 Å². The molecule has 0 spiro atoms. The van der Waals surface area contributed by atoms with Crippen molar-refractivity contribution in [3.05, 3.63) is 33.4 Å². The van der Waals surface area contributed by atoms with Gasteiger partial charge in [0.25, 0.3) is 0 Å². The number of hydrogen-bond acceptors (Lipinski definition) is 4. The topological polar surface area (TPSA) is 52.6 Å². The van der Waals surface area contributed by atoms with Crippen molar-refractivity contribution in [3.8, 4) is 0 Å². The van der Waals surface area contributed by atoms with Crippen LogP contribution < -0.4 is 0 Å². The van der Waals surface area contributed by atoms with E-state index in [0.29, 0.717) is 15.7 Å². The van der Waals surface area contributed by atoms with E-state index >= 15 is 0 Å². The van der Waals surface area contributed by atoms with Crippen molar-refractivity contribution >= 4 is 25.2 Å². The quantitative estimate of drug-likeness (QED) is 0.797. The van der Waals surface area contributed by atoms with Gasteiger partial charge in [0.15, 0.2) is 0 Å². The van der Waals surface area contributed by atoms with E-state index in [1.54, 1.807) is 24.3 Å². The first kappa shape index (κ1) is 11.7. The third-order valence-corrected chi connectivity index (χ3v) is 6.58. The Balaban J connectivity index is 2.32. The molecule has 0 fully saturated rings. The summed E-state index contributed by atoms with van der Waals surface area (Å²) < 4.78 is 23.1. The van der Waals surface area contributed by atoms with Crippen LogP contribution in [0.25, 0.3) is 0 Å². The number of halogens is 1. The van der Waals surface area contributed by atoms with E-state index in [9.17, 15) is 7.86 Å². The molecule has 1 aliphatic heterocycles. The number of carbonyl (C=O) groups is 1. The van der Waals surface area contributed by atoms with Crippen LogP contribution in [0.1, 0.15) is 24.2 Å². The predicted octanol–water partition coefficient (Wildman–Crippen LogP) is 2.92. The van der Waals surface area contributed by atoms with E-state index in [1.165, 1.54) is 0 Å². The molecule has 1 unspecified atom stereocenters. The van der Waals surface area contributed by atoms with Crippen molar-refractivity contribution in [1.82, 2.24) is 0 Å². The Kier molecular flexibility index (Phi) is 3.07. The molecule has 2 rings (SSSR count). The molecule has 5 heteroatoms. The average Bonchev–Trinajstić information content (AvgIpc) is 2.51. The number of fused-ring (bicyclic) bond motifs is 1. The molecule has 0 amide bonds. The first-order valence-electron chi connectivity index (χ1n) is 4.99. The van der Waals surface area contributed by atoms with Crippen LogP contribution in [0.4, 0.5) is 0 Å². The van der Waals surface area contributed by atoms with Gasteiger partial charge in [-0.1, -0.05) is 0 Å². The molecule has 0 aromatic heterocycles. The van der Waals surface area contributed by atoms with Crippen LogP contribution in [-0.4, -0.2) is 12.6 Å². The summed E-state index contributed by atoms with van der Waals surface area (Å²) >= 11 is -4.20. The van der Waals surface area contributed by atoms with E-state index < -0.39 is 25.2 Å². The molecule has 1 aromatic carbocycles. The van der Waals surface area contributed by atoms with Gasteiger partial charge in [-0.2, -0.15) is 0 Å². The molecule has 0 radical (unpaired) electrons. The van der Waals surface area contributed by atoms with Gasteiger partial charge in [-0.05, 0) is 0 Å². The van der Waals surface area contributed by atoms with Crippen molar-refractivity contribution < 1.29 is 14.0 Å². The molecule has 0 bridgehead atoms. The van der Waals surface area contributed by atoms with E-state index in [-0.39, 0.29) is 5.92 Å². The van der Waals surface area contributed by atoms with E-state index in [4.69, 9.17) is 6.13 Å². The SMILES string of the molecule is CC(C)COI1(=O)OC(=O)c2ccccc21. The van der Waals surface area contributed by atoms with Crippen molar-refractivity contribution in [2.45, 2.75) is 13.8 Å². The second-order valence-electron chi connectivity index (χ2n) is 3.93. The van der Waals surface area contributed by atoms with Gasteiger partial charge in [0.2, 0.25) is 0 Å². The third-order valence-electron chi connectivity index (χ3n) is 2.05. The summed E-state index contributed by atoms with van der Waals surface area (Å²) in [5.74, 6) is -0.286. The van der Waals surface area contributed by atoms with Crippen LogP contribution in [0.2, 0.25) is 0 Å². The molecular weight excluding hydrogens is 323 g/mol. The summed E-state index contributed by atoms with van der Waals surface area (Å²) in [4.78, 5) is 11.5. The van der Waals surface area contributed by atoms with Gasteiger partial charge in [0.05, 0.1) is 0 Å². The summed E-state index contributed by atoms with van der Waals surface area (Å²) in [5.41, 5.74) is 0.373. The van der Waals surface area contributed by atoms with Crippen molar-refractivity contribution in [2.75, 3.05) is 6.61 Å². The van der Waals surface area contributed by atoms with Gasteiger partial charge >= 0.3 is 99.0 Å². The minimum absolute atomic E-state index is 0.251. The standard InChI is InChI=1S/C11H13IO4/c1-8(2)7-15-12(14)10-6-4-3-5-9(10)11(13)16-12/h3-6,8H,7H2,1-2H3. The van der Waals surface area contributed by atoms with Crippen molar-refractivity contribution in [3.63, 3.8) is 0 Å². The Bertz CT molecular complexity index is 467. The Morgan fingerprint density at radius 2 is 2.06 bits per heavy atom. The molecule has 16 heavy (non-hydrogen) atoms. The van der Waals surface area contributed by atoms with Crippen LogP contribution in [0.5, 0.6) is 0 Å². The summed E-state index contributed by atoms with van der Waals surface area (Å²) in [7, 11) is 0. The Morgan fingerprint density at radius 3 is 2.75 bits per heavy atom. The molecule has 1 aliphatic rings. The fraction of sp³-hybridized carbons (Fsp3) is 0.364. The summed E-state index contributed by atoms with van der Waals surface area (Å²) in [6, 6.07) is 6.70. The van der Waals surface area contributed by atoms with Gasteiger partial charge in [-0.25, -0.2) is 0 Å². The molecule has 4 nitrogen and oxygen atoms in total. The first-order valence-corrected chi connectivity index (χ1v) is 8.71. The van der Waals surface area contributed by atoms with E-state index in [1.807, 2.05) is 13.8 Å². The van der Waals surface area contributed by atoms with E-state index in [0.717, 1.165) is 0 Å². The van der Waals surface area contributed by atoms with Crippen LogP contribution >= 0.6 is 19.3 Å². The fourth-order valence-corrected chi connectivity index (χ4v) is 5.71. The molecule has 0 N–H and O–H groups in total. The zero-order valence-electron chi connectivity index (χ0n) is 9.10. The first-order chi connectivity index (χ1) is 7.53. The van der Waals surface area contributed by atoms with Crippen LogP contribution in [0.3, 0.4) is 0 Å². The summed E-state index contributed by atoms with van der Waals surface area (Å²) in [6.07, 6.45) is 0. The normalized spacial score (nSPS) is 27.3. The van der Waals surface area contributed by atoms with Crippen LogP contribution in [-0.2, 0) is 9.20 Å². The number of benzene rings is 1. The van der Waals surface area contributed by atoms with Crippen LogP contribution in [0.15, 0.2) is 24.3 Å². The summed E-state index contributed by atoms with van der Waals surface area (Å²) in [6.45, 7) is 4.24. The monoisotopic (exact) mass is 336 g/mol. The van der Waals surface area contributed by atoms with Crippen molar-refractivity contribution in [2.24, 2.45) is 5.92 Å². The Hall–Kier alpha value is -0.820. The fourth-order valence-electron chi connectivity index (χ4n) is 1.29. The zero-order chi connectivity index (χ0) is 11.8. The second-order valence-corrected chi connectivity index (χ2v) is 8.56. The molecule has 1 heterocycles. The van der Waals surface area contributed by atoms with Crippen molar-refractivity contribution in [1.29, 1.82) is 0 Å². The summed E-state index contributed by atoms with van der Waals surface area (Å²) in [5, 5.41) is 0. The Labute approximate surface area is 98.9 Å². The van der Waals surface area contributed by atoms with Gasteiger partial charge in [0, 0.05) is 0 Å².